The number of nitrogens with one attached hydrogen (secondary N) is 2. The predicted octanol–water partition coefficient (Wildman–Crippen LogP) is -3.37. The number of benzene rings is 2. The van der Waals surface area contributed by atoms with Gasteiger partial charge in [0.15, 0.2) is 0 Å². The third-order valence-electron chi connectivity index (χ3n) is 4.82. The van der Waals surface area contributed by atoms with Gasteiger partial charge in [-0.2, -0.15) is 0 Å². The van der Waals surface area contributed by atoms with E-state index in [4.69, 9.17) is 15.9 Å². The van der Waals surface area contributed by atoms with Crippen LogP contribution in [0.4, 0.5) is 4.39 Å². The molecule has 2 aromatic carbocycles. The van der Waals surface area contributed by atoms with Crippen LogP contribution in [0, 0.1) is 5.82 Å². The number of guanidine groups is 1. The number of rotatable bonds is 8. The molecule has 34 heavy (non-hydrogen) atoms. The Hall–Kier alpha value is -4.12. The molecule has 0 unspecified atom stereocenters. The first kappa shape index (κ1) is 26.1. The lowest BCUT2D eigenvalue weighted by Crippen LogP contribution is -3.00. The molecule has 0 spiro atoms. The fourth-order valence-electron chi connectivity index (χ4n) is 3.24. The van der Waals surface area contributed by atoms with Gasteiger partial charge in [0.2, 0.25) is 11.2 Å². The number of phenols is 1. The molecule has 0 aliphatic heterocycles. The Balaban J connectivity index is 0.00000408. The number of carboxylic acids is 1. The number of hydrogen-bond acceptors (Lipinski definition) is 5. The summed E-state index contributed by atoms with van der Waals surface area (Å²) in [6, 6.07) is 7.32. The molecule has 180 valence electrons. The lowest BCUT2D eigenvalue weighted by atomic mass is 10.0. The van der Waals surface area contributed by atoms with Crippen LogP contribution in [0.3, 0.4) is 0 Å². The van der Waals surface area contributed by atoms with E-state index in [0.29, 0.717) is 6.42 Å². The number of carboxylic acid groups (broad SMARTS) is 1. The monoisotopic (exact) mass is 492 g/mol. The van der Waals surface area contributed by atoms with Crippen LogP contribution in [0.2, 0.25) is 0 Å². The van der Waals surface area contributed by atoms with Crippen LogP contribution in [-0.4, -0.2) is 40.6 Å². The van der Waals surface area contributed by atoms with Crippen molar-refractivity contribution in [1.82, 2.24) is 5.32 Å². The van der Waals surface area contributed by atoms with Crippen molar-refractivity contribution in [2.45, 2.75) is 18.9 Å². The van der Waals surface area contributed by atoms with Gasteiger partial charge >= 0.3 is 11.9 Å². The van der Waals surface area contributed by atoms with Crippen LogP contribution in [0.1, 0.15) is 23.4 Å². The van der Waals surface area contributed by atoms with Gasteiger partial charge in [-0.1, -0.05) is 12.1 Å². The SMILES string of the molecule is NC(N)=[NH+]CCC[C@@H](NC(=O)c1oc2cc(O)ccc2c(=O)c1-c1ccc(F)cc1)C(=O)O.[Cl-]. The zero-order valence-electron chi connectivity index (χ0n) is 17.7. The summed E-state index contributed by atoms with van der Waals surface area (Å²) in [5.74, 6) is -3.48. The largest absolute Gasteiger partial charge is 1.00 e. The Morgan fingerprint density at radius 1 is 1.15 bits per heavy atom. The number of nitrogens with two attached hydrogens (primary N) is 2. The lowest BCUT2D eigenvalue weighted by Gasteiger charge is -2.15. The van der Waals surface area contributed by atoms with Gasteiger partial charge in [0.1, 0.15) is 23.2 Å². The average Bonchev–Trinajstić information content (AvgIpc) is 2.75. The molecule has 0 radical (unpaired) electrons. The number of fused-ring (bicyclic) bond motifs is 1. The number of carbonyl (C=O) groups is 2. The maximum Gasteiger partial charge on any atom is 0.338 e. The highest BCUT2D eigenvalue weighted by Gasteiger charge is 2.26. The zero-order valence-corrected chi connectivity index (χ0v) is 18.4. The highest BCUT2D eigenvalue weighted by molar-refractivity contribution is 6.02. The van der Waals surface area contributed by atoms with Crippen molar-refractivity contribution in [1.29, 1.82) is 0 Å². The van der Waals surface area contributed by atoms with Crippen molar-refractivity contribution in [2.75, 3.05) is 6.54 Å². The van der Waals surface area contributed by atoms with Crippen molar-refractivity contribution in [2.24, 2.45) is 11.5 Å². The number of halogens is 2. The van der Waals surface area contributed by atoms with Crippen LogP contribution in [-0.2, 0) is 4.79 Å². The summed E-state index contributed by atoms with van der Waals surface area (Å²) in [7, 11) is 0. The number of aliphatic carboxylic acids is 1. The highest BCUT2D eigenvalue weighted by atomic mass is 35.5. The van der Waals surface area contributed by atoms with Crippen LogP contribution in [0.5, 0.6) is 5.75 Å². The standard InChI is InChI=1S/C22H21FN4O6.ClH/c23-12-5-3-11(4-6-12)17-18(29)14-8-7-13(28)10-16(14)33-19(17)20(30)27-15(21(31)32)2-1-9-26-22(24)25;/h3-8,10,15,28H,1-2,9H2,(H,27,30)(H,31,32)(H4,24,25,26);1H/t15-;/m1./s1. The first-order valence-electron chi connectivity index (χ1n) is 9.88. The second-order valence-corrected chi connectivity index (χ2v) is 7.21. The van der Waals surface area contributed by atoms with Gasteiger partial charge in [0.25, 0.3) is 5.91 Å². The first-order chi connectivity index (χ1) is 15.7. The molecule has 0 aliphatic carbocycles. The molecule has 0 bridgehead atoms. The quantitative estimate of drug-likeness (QED) is 0.107. The smallest absolute Gasteiger partial charge is 0.338 e. The molecule has 12 heteroatoms. The van der Waals surface area contributed by atoms with Crippen molar-refractivity contribution >= 4 is 28.8 Å². The first-order valence-corrected chi connectivity index (χ1v) is 9.88. The van der Waals surface area contributed by atoms with Crippen LogP contribution < -0.4 is 39.6 Å². The fraction of sp³-hybridized carbons (Fsp3) is 0.182. The summed E-state index contributed by atoms with van der Waals surface area (Å²) in [5.41, 5.74) is 9.95. The van der Waals surface area contributed by atoms with Gasteiger partial charge in [-0.3, -0.25) is 26.0 Å². The van der Waals surface area contributed by atoms with E-state index in [1.807, 2.05) is 0 Å². The summed E-state index contributed by atoms with van der Waals surface area (Å²) >= 11 is 0. The van der Waals surface area contributed by atoms with Gasteiger partial charge in [-0.05, 0) is 42.7 Å². The molecule has 1 aromatic heterocycles. The molecule has 3 aromatic rings. The highest BCUT2D eigenvalue weighted by Crippen LogP contribution is 2.27. The molecule has 0 fully saturated rings. The lowest BCUT2D eigenvalue weighted by molar-refractivity contribution is -0.459. The molecule has 8 N–H and O–H groups in total. The molecular weight excluding hydrogens is 471 g/mol. The molecule has 3 rings (SSSR count). The molecule has 0 aliphatic rings. The molecule has 1 atom stereocenters. The van der Waals surface area contributed by atoms with E-state index in [9.17, 15) is 29.0 Å². The Morgan fingerprint density at radius 2 is 1.82 bits per heavy atom. The van der Waals surface area contributed by atoms with E-state index >= 15 is 0 Å². The van der Waals surface area contributed by atoms with E-state index in [0.717, 1.165) is 18.2 Å². The van der Waals surface area contributed by atoms with Crippen molar-refractivity contribution in [3.63, 3.8) is 0 Å². The van der Waals surface area contributed by atoms with Crippen LogP contribution in [0.25, 0.3) is 22.1 Å². The topological polar surface area (TPSA) is 183 Å². The maximum absolute atomic E-state index is 13.4. The summed E-state index contributed by atoms with van der Waals surface area (Å²) in [6.07, 6.45) is 0.349. The van der Waals surface area contributed by atoms with E-state index in [1.165, 1.54) is 24.3 Å². The number of amides is 1. The minimum Gasteiger partial charge on any atom is -1.00 e. The Bertz CT molecular complexity index is 1290. The number of hydrogen-bond donors (Lipinski definition) is 6. The van der Waals surface area contributed by atoms with Crippen molar-refractivity contribution < 1.29 is 46.0 Å². The van der Waals surface area contributed by atoms with Gasteiger partial charge in [0.05, 0.1) is 17.5 Å². The van der Waals surface area contributed by atoms with Crippen molar-refractivity contribution in [3.8, 4) is 16.9 Å². The van der Waals surface area contributed by atoms with Gasteiger partial charge < -0.3 is 32.4 Å². The molecule has 0 saturated carbocycles. The van der Waals surface area contributed by atoms with Crippen LogP contribution >= 0.6 is 0 Å². The van der Waals surface area contributed by atoms with Gasteiger partial charge in [0, 0.05) is 6.07 Å². The summed E-state index contributed by atoms with van der Waals surface area (Å²) in [6.45, 7) is 0.285. The van der Waals surface area contributed by atoms with Crippen LogP contribution in [0.15, 0.2) is 51.7 Å². The van der Waals surface area contributed by atoms with E-state index < -0.39 is 34.9 Å². The second kappa shape index (κ2) is 11.1. The number of aromatic hydroxyl groups is 1. The van der Waals surface area contributed by atoms with Gasteiger partial charge in [-0.25, -0.2) is 9.18 Å². The molecule has 0 saturated heterocycles. The van der Waals surface area contributed by atoms with Crippen molar-refractivity contribution in [3.05, 3.63) is 64.3 Å². The zero-order chi connectivity index (χ0) is 24.1. The fourth-order valence-corrected chi connectivity index (χ4v) is 3.24. The Morgan fingerprint density at radius 3 is 2.44 bits per heavy atom. The Labute approximate surface area is 198 Å². The molecular formula is C22H22ClFN4O6. The molecule has 1 heterocycles. The minimum absolute atomic E-state index is 0. The normalized spacial score (nSPS) is 11.3. The molecule has 1 amide bonds. The summed E-state index contributed by atoms with van der Waals surface area (Å²) in [5, 5.41) is 21.7. The number of carbonyl (C=O) groups excluding carboxylic acids is 1. The minimum atomic E-state index is -1.30. The maximum atomic E-state index is 13.4. The third-order valence-corrected chi connectivity index (χ3v) is 4.82. The van der Waals surface area contributed by atoms with Gasteiger partial charge in [-0.15, -0.1) is 0 Å². The average molecular weight is 493 g/mol. The molecule has 10 nitrogen and oxygen atoms in total. The summed E-state index contributed by atoms with van der Waals surface area (Å²) < 4.78 is 19.1. The van der Waals surface area contributed by atoms with E-state index in [-0.39, 0.29) is 59.2 Å². The number of phenolic OH excluding ortho intramolecular Hbond substituents is 1. The summed E-state index contributed by atoms with van der Waals surface area (Å²) in [4.78, 5) is 40.5. The Kier molecular flexibility index (Phi) is 8.57. The van der Waals surface area contributed by atoms with E-state index in [1.54, 1.807) is 0 Å². The predicted molar refractivity (Wildman–Crippen MR) is 117 cm³/mol. The second-order valence-electron chi connectivity index (χ2n) is 7.21. The van der Waals surface area contributed by atoms with E-state index in [2.05, 4.69) is 10.3 Å². The third kappa shape index (κ3) is 6.01.